The highest BCUT2D eigenvalue weighted by Crippen LogP contribution is 2.33. The molecule has 6 heteroatoms. The van der Waals surface area contributed by atoms with E-state index in [0.29, 0.717) is 11.4 Å². The summed E-state index contributed by atoms with van der Waals surface area (Å²) in [7, 11) is 0. The standard InChI is InChI=1S/C10H8F3N3/c11-10(12,13)6-1-2-7(8(14)5-6)9-15-3-4-16-9/h1-5H,14H2,(H,15,16). The number of anilines is 1. The fourth-order valence-electron chi connectivity index (χ4n) is 1.37. The van der Waals surface area contributed by atoms with E-state index < -0.39 is 11.7 Å². The van der Waals surface area contributed by atoms with E-state index in [1.165, 1.54) is 12.3 Å². The van der Waals surface area contributed by atoms with Crippen LogP contribution in [0.1, 0.15) is 5.56 Å². The Morgan fingerprint density at radius 3 is 2.50 bits per heavy atom. The molecule has 16 heavy (non-hydrogen) atoms. The van der Waals surface area contributed by atoms with Crippen LogP contribution in [0.5, 0.6) is 0 Å². The van der Waals surface area contributed by atoms with Gasteiger partial charge in [-0.2, -0.15) is 13.2 Å². The van der Waals surface area contributed by atoms with E-state index in [2.05, 4.69) is 9.97 Å². The second-order valence-corrected chi connectivity index (χ2v) is 3.24. The highest BCUT2D eigenvalue weighted by Gasteiger charge is 2.30. The van der Waals surface area contributed by atoms with E-state index in [9.17, 15) is 13.2 Å². The molecule has 0 aliphatic heterocycles. The molecule has 1 heterocycles. The van der Waals surface area contributed by atoms with Gasteiger partial charge in [-0.15, -0.1) is 0 Å². The first-order valence-corrected chi connectivity index (χ1v) is 4.45. The van der Waals surface area contributed by atoms with Crippen LogP contribution in [0.2, 0.25) is 0 Å². The Bertz CT molecular complexity index is 489. The summed E-state index contributed by atoms with van der Waals surface area (Å²) in [6.45, 7) is 0. The number of H-pyrrole nitrogens is 1. The zero-order valence-corrected chi connectivity index (χ0v) is 8.05. The molecule has 0 amide bonds. The minimum Gasteiger partial charge on any atom is -0.398 e. The van der Waals surface area contributed by atoms with Gasteiger partial charge in [-0.25, -0.2) is 4.98 Å². The first kappa shape index (κ1) is 10.5. The Hall–Kier alpha value is -1.98. The van der Waals surface area contributed by atoms with Gasteiger partial charge in [0, 0.05) is 23.6 Å². The predicted octanol–water partition coefficient (Wildman–Crippen LogP) is 2.68. The number of alkyl halides is 3. The molecule has 0 bridgehead atoms. The largest absolute Gasteiger partial charge is 0.416 e. The predicted molar refractivity (Wildman–Crippen MR) is 53.4 cm³/mol. The van der Waals surface area contributed by atoms with E-state index in [1.54, 1.807) is 6.20 Å². The molecule has 0 aliphatic rings. The molecule has 0 radical (unpaired) electrons. The number of nitrogens with two attached hydrogens (primary N) is 1. The lowest BCUT2D eigenvalue weighted by molar-refractivity contribution is -0.137. The molecule has 0 atom stereocenters. The third kappa shape index (κ3) is 1.86. The number of nitrogens with one attached hydrogen (secondary N) is 1. The maximum atomic E-state index is 12.4. The van der Waals surface area contributed by atoms with Gasteiger partial charge in [-0.3, -0.25) is 0 Å². The summed E-state index contributed by atoms with van der Waals surface area (Å²) in [5.74, 6) is 0.450. The second-order valence-electron chi connectivity index (χ2n) is 3.24. The fourth-order valence-corrected chi connectivity index (χ4v) is 1.37. The number of rotatable bonds is 1. The van der Waals surface area contributed by atoms with Crippen LogP contribution in [0, 0.1) is 0 Å². The molecule has 0 fully saturated rings. The van der Waals surface area contributed by atoms with Crippen molar-refractivity contribution in [3.05, 3.63) is 36.2 Å². The number of nitrogens with zero attached hydrogens (tertiary/aromatic N) is 1. The van der Waals surface area contributed by atoms with Crippen molar-refractivity contribution >= 4 is 5.69 Å². The normalized spacial score (nSPS) is 11.7. The van der Waals surface area contributed by atoms with Crippen molar-refractivity contribution < 1.29 is 13.2 Å². The lowest BCUT2D eigenvalue weighted by Gasteiger charge is -2.09. The van der Waals surface area contributed by atoms with Crippen molar-refractivity contribution in [2.75, 3.05) is 5.73 Å². The van der Waals surface area contributed by atoms with Crippen LogP contribution >= 0.6 is 0 Å². The number of nitrogen functional groups attached to an aromatic ring is 1. The molecular formula is C10H8F3N3. The molecule has 0 saturated carbocycles. The molecule has 0 spiro atoms. The van der Waals surface area contributed by atoms with Gasteiger partial charge in [0.15, 0.2) is 0 Å². The van der Waals surface area contributed by atoms with Gasteiger partial charge < -0.3 is 10.7 Å². The number of hydrogen-bond donors (Lipinski definition) is 2. The molecule has 3 nitrogen and oxygen atoms in total. The third-order valence-electron chi connectivity index (χ3n) is 2.13. The summed E-state index contributed by atoms with van der Waals surface area (Å²) in [5, 5.41) is 0. The molecule has 0 unspecified atom stereocenters. The second kappa shape index (κ2) is 3.55. The van der Waals surface area contributed by atoms with E-state index in [0.717, 1.165) is 12.1 Å². The van der Waals surface area contributed by atoms with Crippen molar-refractivity contribution in [1.29, 1.82) is 0 Å². The summed E-state index contributed by atoms with van der Waals surface area (Å²) in [5.41, 5.74) is 5.29. The van der Waals surface area contributed by atoms with Gasteiger partial charge in [-0.05, 0) is 18.2 Å². The number of aromatic amines is 1. The van der Waals surface area contributed by atoms with Crippen LogP contribution in [0.15, 0.2) is 30.6 Å². The van der Waals surface area contributed by atoms with Crippen LogP contribution in [-0.4, -0.2) is 9.97 Å². The average Bonchev–Trinajstić information content (AvgIpc) is 2.69. The monoisotopic (exact) mass is 227 g/mol. The Labute approximate surface area is 89.1 Å². The Kier molecular flexibility index (Phi) is 2.34. The minimum atomic E-state index is -4.38. The Morgan fingerprint density at radius 2 is 2.00 bits per heavy atom. The summed E-state index contributed by atoms with van der Waals surface area (Å²) in [6.07, 6.45) is -1.30. The Balaban J connectivity index is 2.46. The van der Waals surface area contributed by atoms with Crippen LogP contribution in [0.3, 0.4) is 0 Å². The number of halogens is 3. The minimum absolute atomic E-state index is 0.0461. The van der Waals surface area contributed by atoms with E-state index >= 15 is 0 Å². The third-order valence-corrected chi connectivity index (χ3v) is 2.13. The fraction of sp³-hybridized carbons (Fsp3) is 0.100. The number of imidazole rings is 1. The summed E-state index contributed by atoms with van der Waals surface area (Å²) >= 11 is 0. The van der Waals surface area contributed by atoms with Crippen molar-refractivity contribution in [1.82, 2.24) is 9.97 Å². The lowest BCUT2D eigenvalue weighted by atomic mass is 10.1. The van der Waals surface area contributed by atoms with Crippen LogP contribution in [0.4, 0.5) is 18.9 Å². The molecular weight excluding hydrogens is 219 g/mol. The van der Waals surface area contributed by atoms with Gasteiger partial charge in [-0.1, -0.05) is 0 Å². The van der Waals surface area contributed by atoms with Crippen LogP contribution in [0.25, 0.3) is 11.4 Å². The zero-order valence-electron chi connectivity index (χ0n) is 8.05. The maximum Gasteiger partial charge on any atom is 0.416 e. The molecule has 1 aromatic heterocycles. The molecule has 2 aromatic rings. The highest BCUT2D eigenvalue weighted by atomic mass is 19.4. The number of benzene rings is 1. The zero-order chi connectivity index (χ0) is 11.8. The lowest BCUT2D eigenvalue weighted by Crippen LogP contribution is -2.06. The van der Waals surface area contributed by atoms with Crippen molar-refractivity contribution in [3.63, 3.8) is 0 Å². The SMILES string of the molecule is Nc1cc(C(F)(F)F)ccc1-c1ncc[nH]1. The van der Waals surface area contributed by atoms with Crippen LogP contribution < -0.4 is 5.73 Å². The van der Waals surface area contributed by atoms with E-state index in [-0.39, 0.29) is 5.69 Å². The molecule has 84 valence electrons. The number of aromatic nitrogens is 2. The van der Waals surface area contributed by atoms with Crippen molar-refractivity contribution in [2.24, 2.45) is 0 Å². The van der Waals surface area contributed by atoms with Gasteiger partial charge in [0.25, 0.3) is 0 Å². The molecule has 0 aliphatic carbocycles. The van der Waals surface area contributed by atoms with Gasteiger partial charge in [0.05, 0.1) is 5.56 Å². The first-order valence-electron chi connectivity index (χ1n) is 4.45. The van der Waals surface area contributed by atoms with Gasteiger partial charge >= 0.3 is 6.18 Å². The molecule has 2 rings (SSSR count). The summed E-state index contributed by atoms with van der Waals surface area (Å²) in [6, 6.07) is 3.18. The summed E-state index contributed by atoms with van der Waals surface area (Å²) in [4.78, 5) is 6.70. The topological polar surface area (TPSA) is 54.7 Å². The highest BCUT2D eigenvalue weighted by molar-refractivity contribution is 5.72. The first-order chi connectivity index (χ1) is 7.48. The van der Waals surface area contributed by atoms with Crippen molar-refractivity contribution in [2.45, 2.75) is 6.18 Å². The average molecular weight is 227 g/mol. The van der Waals surface area contributed by atoms with Crippen molar-refractivity contribution in [3.8, 4) is 11.4 Å². The van der Waals surface area contributed by atoms with Crippen LogP contribution in [-0.2, 0) is 6.18 Å². The smallest absolute Gasteiger partial charge is 0.398 e. The van der Waals surface area contributed by atoms with E-state index in [4.69, 9.17) is 5.73 Å². The molecule has 3 N–H and O–H groups in total. The number of hydrogen-bond acceptors (Lipinski definition) is 2. The van der Waals surface area contributed by atoms with Gasteiger partial charge in [0.1, 0.15) is 5.82 Å². The molecule has 1 aromatic carbocycles. The molecule has 0 saturated heterocycles. The maximum absolute atomic E-state index is 12.4. The van der Waals surface area contributed by atoms with Gasteiger partial charge in [0.2, 0.25) is 0 Å². The Morgan fingerprint density at radius 1 is 1.25 bits per heavy atom. The quantitative estimate of drug-likeness (QED) is 0.736. The van der Waals surface area contributed by atoms with E-state index in [1.807, 2.05) is 0 Å². The summed E-state index contributed by atoms with van der Waals surface area (Å²) < 4.78 is 37.1.